The molecule has 1 aromatic carbocycles. The maximum Gasteiger partial charge on any atom is 0.338 e. The molecular weight excluding hydrogens is 280 g/mol. The van der Waals surface area contributed by atoms with Crippen molar-refractivity contribution in [3.8, 4) is 5.75 Å². The largest absolute Gasteiger partial charge is 0.494 e. The molecule has 1 fully saturated rings. The second-order valence-corrected chi connectivity index (χ2v) is 6.08. The van der Waals surface area contributed by atoms with Gasteiger partial charge in [-0.3, -0.25) is 0 Å². The zero-order valence-electron chi connectivity index (χ0n) is 13.9. The standard InChI is InChI=1S/C17H26N2O3/c1-4-21-16-7-5-15(6-8-16)17(20)22-14(2)13-19-11-9-18(3)10-12-19/h5-8,14H,4,9-13H2,1-3H3/p+2/t14-/m0/s1. The number of benzene rings is 1. The van der Waals surface area contributed by atoms with Crippen LogP contribution in [0, 0.1) is 0 Å². The zero-order chi connectivity index (χ0) is 15.9. The molecule has 1 aliphatic rings. The highest BCUT2D eigenvalue weighted by Gasteiger charge is 2.23. The molecule has 2 rings (SSSR count). The normalized spacial score (nSPS) is 22.9. The van der Waals surface area contributed by atoms with Crippen LogP contribution in [0.1, 0.15) is 24.2 Å². The van der Waals surface area contributed by atoms with Gasteiger partial charge in [0.05, 0.1) is 19.2 Å². The number of quaternary nitrogens is 2. The van der Waals surface area contributed by atoms with Gasteiger partial charge in [0.2, 0.25) is 0 Å². The molecule has 0 spiro atoms. The minimum atomic E-state index is -0.255. The third kappa shape index (κ3) is 5.00. The van der Waals surface area contributed by atoms with Crippen LogP contribution in [-0.4, -0.2) is 58.5 Å². The lowest BCUT2D eigenvalue weighted by molar-refractivity contribution is -1.00. The first kappa shape index (κ1) is 16.8. The third-order valence-corrected chi connectivity index (χ3v) is 4.10. The zero-order valence-corrected chi connectivity index (χ0v) is 13.9. The maximum atomic E-state index is 12.1. The summed E-state index contributed by atoms with van der Waals surface area (Å²) in [6.07, 6.45) is -0.0625. The highest BCUT2D eigenvalue weighted by molar-refractivity contribution is 5.89. The Kier molecular flexibility index (Phi) is 6.21. The second-order valence-electron chi connectivity index (χ2n) is 6.08. The Morgan fingerprint density at radius 2 is 1.82 bits per heavy atom. The molecule has 0 radical (unpaired) electrons. The average Bonchev–Trinajstić information content (AvgIpc) is 2.50. The molecule has 1 saturated heterocycles. The number of carbonyl (C=O) groups is 1. The lowest BCUT2D eigenvalue weighted by Crippen LogP contribution is -3.27. The first-order chi connectivity index (χ1) is 10.6. The van der Waals surface area contributed by atoms with Crippen molar-refractivity contribution in [1.82, 2.24) is 0 Å². The van der Waals surface area contributed by atoms with E-state index in [1.165, 1.54) is 18.0 Å². The van der Waals surface area contributed by atoms with Crippen LogP contribution in [0.4, 0.5) is 0 Å². The van der Waals surface area contributed by atoms with Gasteiger partial charge < -0.3 is 19.3 Å². The second kappa shape index (κ2) is 8.15. The molecule has 5 heteroatoms. The van der Waals surface area contributed by atoms with Crippen LogP contribution in [0.25, 0.3) is 0 Å². The van der Waals surface area contributed by atoms with Crippen molar-refractivity contribution in [1.29, 1.82) is 0 Å². The summed E-state index contributed by atoms with van der Waals surface area (Å²) in [6.45, 7) is 10.1. The van der Waals surface area contributed by atoms with Crippen LogP contribution in [-0.2, 0) is 4.74 Å². The third-order valence-electron chi connectivity index (χ3n) is 4.10. The molecular formula is C17H28N2O3+2. The number of hydrogen-bond donors (Lipinski definition) is 2. The lowest BCUT2D eigenvalue weighted by atomic mass is 10.2. The summed E-state index contributed by atoms with van der Waals surface area (Å²) < 4.78 is 10.9. The van der Waals surface area contributed by atoms with Crippen LogP contribution in [0.5, 0.6) is 5.75 Å². The highest BCUT2D eigenvalue weighted by atomic mass is 16.5. The van der Waals surface area contributed by atoms with Gasteiger partial charge in [-0.2, -0.15) is 0 Å². The fourth-order valence-corrected chi connectivity index (χ4v) is 2.79. The average molecular weight is 308 g/mol. The molecule has 1 aliphatic heterocycles. The van der Waals surface area contributed by atoms with E-state index in [1.54, 1.807) is 29.2 Å². The Balaban J connectivity index is 1.80. The first-order valence-electron chi connectivity index (χ1n) is 8.17. The van der Waals surface area contributed by atoms with Crippen LogP contribution in [0.15, 0.2) is 24.3 Å². The van der Waals surface area contributed by atoms with Gasteiger partial charge in [-0.1, -0.05) is 0 Å². The Morgan fingerprint density at radius 3 is 2.41 bits per heavy atom. The van der Waals surface area contributed by atoms with Gasteiger partial charge in [-0.25, -0.2) is 4.79 Å². The summed E-state index contributed by atoms with van der Waals surface area (Å²) in [5.41, 5.74) is 0.577. The predicted molar refractivity (Wildman–Crippen MR) is 84.7 cm³/mol. The summed E-state index contributed by atoms with van der Waals surface area (Å²) in [7, 11) is 2.23. The molecule has 122 valence electrons. The van der Waals surface area contributed by atoms with E-state index in [4.69, 9.17) is 9.47 Å². The summed E-state index contributed by atoms with van der Waals surface area (Å²) in [6, 6.07) is 7.12. The number of likely N-dealkylation sites (N-methyl/N-ethyl adjacent to an activating group) is 1. The molecule has 0 aliphatic carbocycles. The lowest BCUT2D eigenvalue weighted by Gasteiger charge is -2.28. The molecule has 2 N–H and O–H groups in total. The smallest absolute Gasteiger partial charge is 0.338 e. The van der Waals surface area contributed by atoms with Crippen molar-refractivity contribution < 1.29 is 24.1 Å². The van der Waals surface area contributed by atoms with E-state index in [0.717, 1.165) is 25.4 Å². The van der Waals surface area contributed by atoms with Crippen molar-refractivity contribution in [2.45, 2.75) is 20.0 Å². The molecule has 0 aromatic heterocycles. The molecule has 1 heterocycles. The maximum absolute atomic E-state index is 12.1. The van der Waals surface area contributed by atoms with Crippen molar-refractivity contribution in [3.05, 3.63) is 29.8 Å². The van der Waals surface area contributed by atoms with E-state index in [9.17, 15) is 4.79 Å². The van der Waals surface area contributed by atoms with E-state index in [1.807, 2.05) is 13.8 Å². The Hall–Kier alpha value is -1.59. The number of carbonyl (C=O) groups excluding carboxylic acids is 1. The van der Waals surface area contributed by atoms with E-state index in [-0.39, 0.29) is 12.1 Å². The van der Waals surface area contributed by atoms with Gasteiger partial charge in [0.25, 0.3) is 0 Å². The van der Waals surface area contributed by atoms with Crippen molar-refractivity contribution in [3.63, 3.8) is 0 Å². The molecule has 0 saturated carbocycles. The fraction of sp³-hybridized carbons (Fsp3) is 0.588. The molecule has 1 atom stereocenters. The van der Waals surface area contributed by atoms with Crippen molar-refractivity contribution >= 4 is 5.97 Å². The Bertz CT molecular complexity index is 467. The minimum Gasteiger partial charge on any atom is -0.494 e. The van der Waals surface area contributed by atoms with Gasteiger partial charge >= 0.3 is 5.97 Å². The highest BCUT2D eigenvalue weighted by Crippen LogP contribution is 2.13. The quantitative estimate of drug-likeness (QED) is 0.666. The summed E-state index contributed by atoms with van der Waals surface area (Å²) >= 11 is 0. The van der Waals surface area contributed by atoms with E-state index < -0.39 is 0 Å². The summed E-state index contributed by atoms with van der Waals surface area (Å²) in [5.74, 6) is 0.520. The van der Waals surface area contributed by atoms with Crippen molar-refractivity contribution in [2.75, 3.05) is 46.4 Å². The van der Waals surface area contributed by atoms with Gasteiger partial charge in [0, 0.05) is 0 Å². The molecule has 0 amide bonds. The van der Waals surface area contributed by atoms with Gasteiger partial charge in [0.15, 0.2) is 0 Å². The Morgan fingerprint density at radius 1 is 1.18 bits per heavy atom. The molecule has 1 aromatic rings. The summed E-state index contributed by atoms with van der Waals surface area (Å²) in [4.78, 5) is 15.3. The summed E-state index contributed by atoms with van der Waals surface area (Å²) in [5, 5.41) is 0. The van der Waals surface area contributed by atoms with Crippen LogP contribution in [0.3, 0.4) is 0 Å². The van der Waals surface area contributed by atoms with Crippen molar-refractivity contribution in [2.24, 2.45) is 0 Å². The predicted octanol–water partition coefficient (Wildman–Crippen LogP) is -0.956. The molecule has 5 nitrogen and oxygen atoms in total. The SMILES string of the molecule is CCOc1ccc(C(=O)O[C@@H](C)C[NH+]2CC[NH+](C)CC2)cc1. The number of hydrogen-bond acceptors (Lipinski definition) is 3. The van der Waals surface area contributed by atoms with Gasteiger partial charge in [0.1, 0.15) is 44.6 Å². The Labute approximate surface area is 132 Å². The van der Waals surface area contributed by atoms with Crippen LogP contribution < -0.4 is 14.5 Å². The minimum absolute atomic E-state index is 0.0625. The van der Waals surface area contributed by atoms with Gasteiger partial charge in [-0.05, 0) is 38.1 Å². The monoisotopic (exact) mass is 308 g/mol. The van der Waals surface area contributed by atoms with Gasteiger partial charge in [-0.15, -0.1) is 0 Å². The number of esters is 1. The topological polar surface area (TPSA) is 44.4 Å². The van der Waals surface area contributed by atoms with Crippen LogP contribution in [0.2, 0.25) is 0 Å². The fourth-order valence-electron chi connectivity index (χ4n) is 2.79. The van der Waals surface area contributed by atoms with E-state index in [0.29, 0.717) is 12.2 Å². The number of nitrogens with one attached hydrogen (secondary N) is 2. The molecule has 0 unspecified atom stereocenters. The molecule has 22 heavy (non-hydrogen) atoms. The molecule has 0 bridgehead atoms. The number of ether oxygens (including phenoxy) is 2. The van der Waals surface area contributed by atoms with E-state index >= 15 is 0 Å². The van der Waals surface area contributed by atoms with E-state index in [2.05, 4.69) is 7.05 Å². The number of piperazine rings is 1. The number of rotatable bonds is 6. The van der Waals surface area contributed by atoms with Crippen LogP contribution >= 0.6 is 0 Å². The first-order valence-corrected chi connectivity index (χ1v) is 8.17.